The molecule has 1 aliphatic heterocycles. The molecule has 1 N–H and O–H groups in total. The molecule has 6 heteroatoms. The Morgan fingerprint density at radius 2 is 1.81 bits per heavy atom. The number of rotatable bonds is 6. The monoisotopic (exact) mass is 383 g/mol. The van der Waals surface area contributed by atoms with E-state index >= 15 is 0 Å². The highest BCUT2D eigenvalue weighted by atomic mass is 32.2. The maximum absolute atomic E-state index is 12.7. The molecular formula is C21H25N3O2S. The number of piperidine rings is 1. The van der Waals surface area contributed by atoms with Crippen LogP contribution in [0.2, 0.25) is 0 Å². The fourth-order valence-electron chi connectivity index (χ4n) is 3.17. The van der Waals surface area contributed by atoms with Crippen molar-refractivity contribution in [3.05, 3.63) is 60.4 Å². The van der Waals surface area contributed by atoms with E-state index in [0.717, 1.165) is 11.4 Å². The molecule has 0 aliphatic carbocycles. The molecule has 1 aromatic heterocycles. The van der Waals surface area contributed by atoms with Crippen LogP contribution in [0, 0.1) is 5.92 Å². The maximum atomic E-state index is 12.7. The van der Waals surface area contributed by atoms with Gasteiger partial charge in [0.05, 0.1) is 5.25 Å². The van der Waals surface area contributed by atoms with Gasteiger partial charge in [0.15, 0.2) is 0 Å². The van der Waals surface area contributed by atoms with Crippen LogP contribution in [0.25, 0.3) is 0 Å². The third-order valence-corrected chi connectivity index (χ3v) is 6.02. The van der Waals surface area contributed by atoms with Gasteiger partial charge in [0.1, 0.15) is 0 Å². The number of nitrogens with zero attached hydrogens (tertiary/aromatic N) is 2. The van der Waals surface area contributed by atoms with Gasteiger partial charge in [-0.3, -0.25) is 14.6 Å². The van der Waals surface area contributed by atoms with E-state index in [2.05, 4.69) is 22.4 Å². The summed E-state index contributed by atoms with van der Waals surface area (Å²) < 4.78 is 0. The van der Waals surface area contributed by atoms with Gasteiger partial charge in [-0.1, -0.05) is 30.3 Å². The standard InChI is InChI=1S/C21H25N3O2S/c1-16(27-15-17-5-3-2-4-6-17)21(26)24-13-9-18(10-14-24)20(25)23-19-7-11-22-12-8-19/h2-8,11-12,16,18H,9-10,13-15H2,1H3,(H,22,23,25)/t16-/m1/s1. The summed E-state index contributed by atoms with van der Waals surface area (Å²) in [7, 11) is 0. The van der Waals surface area contributed by atoms with Crippen molar-refractivity contribution in [3.8, 4) is 0 Å². The van der Waals surface area contributed by atoms with Crippen LogP contribution in [-0.4, -0.2) is 40.0 Å². The van der Waals surface area contributed by atoms with Gasteiger partial charge in [0, 0.05) is 42.8 Å². The first kappa shape index (κ1) is 19.4. The molecule has 2 amide bonds. The molecule has 1 fully saturated rings. The molecule has 142 valence electrons. The summed E-state index contributed by atoms with van der Waals surface area (Å²) in [5.41, 5.74) is 1.99. The Labute approximate surface area is 164 Å². The summed E-state index contributed by atoms with van der Waals surface area (Å²) in [4.78, 5) is 30.9. The van der Waals surface area contributed by atoms with E-state index < -0.39 is 0 Å². The Kier molecular flexibility index (Phi) is 6.87. The van der Waals surface area contributed by atoms with Crippen molar-refractivity contribution in [1.82, 2.24) is 9.88 Å². The van der Waals surface area contributed by atoms with Crippen molar-refractivity contribution < 1.29 is 9.59 Å². The van der Waals surface area contributed by atoms with E-state index in [9.17, 15) is 9.59 Å². The molecule has 2 aromatic rings. The minimum Gasteiger partial charge on any atom is -0.342 e. The van der Waals surface area contributed by atoms with Crippen LogP contribution in [0.15, 0.2) is 54.9 Å². The lowest BCUT2D eigenvalue weighted by atomic mass is 9.95. The Balaban J connectivity index is 1.43. The largest absolute Gasteiger partial charge is 0.342 e. The second-order valence-electron chi connectivity index (χ2n) is 6.76. The number of carbonyl (C=O) groups is 2. The number of nitrogens with one attached hydrogen (secondary N) is 1. The number of thioether (sulfide) groups is 1. The summed E-state index contributed by atoms with van der Waals surface area (Å²) in [6.07, 6.45) is 4.73. The zero-order valence-electron chi connectivity index (χ0n) is 15.5. The van der Waals surface area contributed by atoms with Crippen molar-refractivity contribution in [3.63, 3.8) is 0 Å². The molecule has 0 saturated carbocycles. The second-order valence-corrected chi connectivity index (χ2v) is 8.09. The van der Waals surface area contributed by atoms with Crippen molar-refractivity contribution >= 4 is 29.3 Å². The lowest BCUT2D eigenvalue weighted by molar-refractivity contribution is -0.133. The van der Waals surface area contributed by atoms with Crippen molar-refractivity contribution in [1.29, 1.82) is 0 Å². The van der Waals surface area contributed by atoms with E-state index in [1.54, 1.807) is 36.3 Å². The number of aromatic nitrogens is 1. The van der Waals surface area contributed by atoms with Gasteiger partial charge >= 0.3 is 0 Å². The van der Waals surface area contributed by atoms with Crippen LogP contribution in [0.1, 0.15) is 25.3 Å². The number of anilines is 1. The van der Waals surface area contributed by atoms with E-state index in [1.807, 2.05) is 30.0 Å². The molecule has 1 aromatic carbocycles. The molecule has 0 spiro atoms. The molecule has 1 aliphatic rings. The molecule has 5 nitrogen and oxygen atoms in total. The Bertz CT molecular complexity index is 747. The van der Waals surface area contributed by atoms with Crippen LogP contribution < -0.4 is 5.32 Å². The maximum Gasteiger partial charge on any atom is 0.235 e. The SMILES string of the molecule is C[C@@H](SCc1ccccc1)C(=O)N1CCC(C(=O)Nc2ccncc2)CC1. The predicted molar refractivity (Wildman–Crippen MR) is 109 cm³/mol. The van der Waals surface area contributed by atoms with E-state index in [-0.39, 0.29) is 23.0 Å². The summed E-state index contributed by atoms with van der Waals surface area (Å²) in [5.74, 6) is 0.983. The molecule has 3 rings (SSSR count). The minimum absolute atomic E-state index is 0.0276. The van der Waals surface area contributed by atoms with Crippen molar-refractivity contribution in [2.45, 2.75) is 30.8 Å². The fraction of sp³-hybridized carbons (Fsp3) is 0.381. The van der Waals surface area contributed by atoms with Crippen molar-refractivity contribution in [2.24, 2.45) is 5.92 Å². The van der Waals surface area contributed by atoms with Gasteiger partial charge < -0.3 is 10.2 Å². The molecule has 27 heavy (non-hydrogen) atoms. The number of hydrogen-bond acceptors (Lipinski definition) is 4. The van der Waals surface area contributed by atoms with Crippen LogP contribution in [-0.2, 0) is 15.3 Å². The Morgan fingerprint density at radius 3 is 2.48 bits per heavy atom. The van der Waals surface area contributed by atoms with E-state index in [0.29, 0.717) is 25.9 Å². The van der Waals surface area contributed by atoms with Gasteiger partial charge in [-0.15, -0.1) is 11.8 Å². The normalized spacial score (nSPS) is 16.0. The molecule has 0 bridgehead atoms. The summed E-state index contributed by atoms with van der Waals surface area (Å²) in [5, 5.41) is 2.85. The molecule has 1 saturated heterocycles. The average Bonchev–Trinajstić information content (AvgIpc) is 2.73. The van der Waals surface area contributed by atoms with Gasteiger partial charge in [-0.05, 0) is 37.5 Å². The highest BCUT2D eigenvalue weighted by molar-refractivity contribution is 7.99. The number of amides is 2. The number of hydrogen-bond donors (Lipinski definition) is 1. The predicted octanol–water partition coefficient (Wildman–Crippen LogP) is 3.58. The van der Waals surface area contributed by atoms with E-state index in [1.165, 1.54) is 5.56 Å². The summed E-state index contributed by atoms with van der Waals surface area (Å²) >= 11 is 1.66. The second kappa shape index (κ2) is 9.55. The first-order chi connectivity index (χ1) is 13.1. The topological polar surface area (TPSA) is 62.3 Å². The summed E-state index contributed by atoms with van der Waals surface area (Å²) in [6.45, 7) is 3.26. The summed E-state index contributed by atoms with van der Waals surface area (Å²) in [6, 6.07) is 13.8. The lowest BCUT2D eigenvalue weighted by Crippen LogP contribution is -2.44. The molecule has 0 unspecified atom stereocenters. The molecular weight excluding hydrogens is 358 g/mol. The van der Waals surface area contributed by atoms with Crippen molar-refractivity contribution in [2.75, 3.05) is 18.4 Å². The van der Waals surface area contributed by atoms with Gasteiger partial charge in [-0.25, -0.2) is 0 Å². The average molecular weight is 384 g/mol. The van der Waals surface area contributed by atoms with Crippen LogP contribution in [0.3, 0.4) is 0 Å². The first-order valence-corrected chi connectivity index (χ1v) is 10.3. The smallest absolute Gasteiger partial charge is 0.235 e. The quantitative estimate of drug-likeness (QED) is 0.828. The van der Waals surface area contributed by atoms with Gasteiger partial charge in [0.2, 0.25) is 11.8 Å². The van der Waals surface area contributed by atoms with Crippen LogP contribution in [0.5, 0.6) is 0 Å². The molecule has 1 atom stereocenters. The zero-order chi connectivity index (χ0) is 19.1. The highest BCUT2D eigenvalue weighted by Crippen LogP contribution is 2.24. The minimum atomic E-state index is -0.0765. The number of likely N-dealkylation sites (tertiary alicyclic amines) is 1. The van der Waals surface area contributed by atoms with Gasteiger partial charge in [0.25, 0.3) is 0 Å². The lowest BCUT2D eigenvalue weighted by Gasteiger charge is -2.33. The fourth-order valence-corrected chi connectivity index (χ4v) is 4.09. The molecule has 0 radical (unpaired) electrons. The third kappa shape index (κ3) is 5.57. The third-order valence-electron chi connectivity index (χ3n) is 4.82. The van der Waals surface area contributed by atoms with E-state index in [4.69, 9.17) is 0 Å². The van der Waals surface area contributed by atoms with Crippen LogP contribution in [0.4, 0.5) is 5.69 Å². The number of benzene rings is 1. The number of carbonyl (C=O) groups excluding carboxylic acids is 2. The highest BCUT2D eigenvalue weighted by Gasteiger charge is 2.29. The Morgan fingerprint density at radius 1 is 1.15 bits per heavy atom. The van der Waals surface area contributed by atoms with Gasteiger partial charge in [-0.2, -0.15) is 0 Å². The first-order valence-electron chi connectivity index (χ1n) is 9.28. The molecule has 2 heterocycles. The zero-order valence-corrected chi connectivity index (χ0v) is 16.3. The Hall–Kier alpha value is -2.34. The number of pyridine rings is 1. The van der Waals surface area contributed by atoms with Crippen LogP contribution >= 0.6 is 11.8 Å².